The van der Waals surface area contributed by atoms with E-state index in [-0.39, 0.29) is 12.2 Å². The fourth-order valence-corrected chi connectivity index (χ4v) is 1.77. The molecule has 15 heavy (non-hydrogen) atoms. The summed E-state index contributed by atoms with van der Waals surface area (Å²) in [6, 6.07) is 0. The van der Waals surface area contributed by atoms with E-state index in [1.54, 1.807) is 7.11 Å². The lowest BCUT2D eigenvalue weighted by Gasteiger charge is -2.32. The highest BCUT2D eigenvalue weighted by Crippen LogP contribution is 2.21. The van der Waals surface area contributed by atoms with Gasteiger partial charge in [0.05, 0.1) is 18.8 Å². The van der Waals surface area contributed by atoms with Gasteiger partial charge in [0.15, 0.2) is 6.29 Å². The Bertz CT molecular complexity index is 163. The molecule has 1 N–H and O–H groups in total. The van der Waals surface area contributed by atoms with Gasteiger partial charge < -0.3 is 19.3 Å². The summed E-state index contributed by atoms with van der Waals surface area (Å²) in [6.45, 7) is 3.42. The number of ether oxygens (including phenoxy) is 3. The van der Waals surface area contributed by atoms with E-state index < -0.39 is 6.29 Å². The Labute approximate surface area is 91.5 Å². The molecular formula is C11H22O4. The topological polar surface area (TPSA) is 47.9 Å². The lowest BCUT2D eigenvalue weighted by molar-refractivity contribution is -0.207. The van der Waals surface area contributed by atoms with Crippen molar-refractivity contribution in [3.05, 3.63) is 0 Å². The van der Waals surface area contributed by atoms with Gasteiger partial charge in [-0.3, -0.25) is 0 Å². The summed E-state index contributed by atoms with van der Waals surface area (Å²) in [4.78, 5) is 0. The summed E-state index contributed by atoms with van der Waals surface area (Å²) in [5.74, 6) is 0. The highest BCUT2D eigenvalue weighted by atomic mass is 16.6. The molecular weight excluding hydrogens is 196 g/mol. The molecule has 4 heteroatoms. The third-order valence-electron chi connectivity index (χ3n) is 2.54. The molecule has 1 aliphatic rings. The van der Waals surface area contributed by atoms with Crippen LogP contribution in [-0.4, -0.2) is 43.9 Å². The molecule has 4 nitrogen and oxygen atoms in total. The quantitative estimate of drug-likeness (QED) is 0.683. The van der Waals surface area contributed by atoms with E-state index in [2.05, 4.69) is 6.92 Å². The molecule has 90 valence electrons. The molecule has 1 rings (SSSR count). The Morgan fingerprint density at radius 3 is 2.87 bits per heavy atom. The Morgan fingerprint density at radius 2 is 2.20 bits per heavy atom. The summed E-state index contributed by atoms with van der Waals surface area (Å²) < 4.78 is 16.0. The maximum atomic E-state index is 9.48. The van der Waals surface area contributed by atoms with E-state index in [4.69, 9.17) is 14.2 Å². The standard InChI is InChI=1S/C11H22O4/c1-3-4-5-14-9-6-10(8-13-2)15-11(12)7-9/h9-12H,3-8H2,1-2H3/t9-,10-,11?/m0/s1. The highest BCUT2D eigenvalue weighted by Gasteiger charge is 2.28. The molecule has 0 bridgehead atoms. The van der Waals surface area contributed by atoms with Gasteiger partial charge in [-0.1, -0.05) is 13.3 Å². The number of aliphatic hydroxyl groups is 1. The van der Waals surface area contributed by atoms with Gasteiger partial charge in [-0.25, -0.2) is 0 Å². The van der Waals surface area contributed by atoms with Crippen molar-refractivity contribution in [2.24, 2.45) is 0 Å². The molecule has 0 aromatic carbocycles. The summed E-state index contributed by atoms with van der Waals surface area (Å²) in [7, 11) is 1.64. The number of hydrogen-bond acceptors (Lipinski definition) is 4. The monoisotopic (exact) mass is 218 g/mol. The van der Waals surface area contributed by atoms with Crippen molar-refractivity contribution in [3.8, 4) is 0 Å². The van der Waals surface area contributed by atoms with Crippen LogP contribution in [-0.2, 0) is 14.2 Å². The van der Waals surface area contributed by atoms with Gasteiger partial charge in [-0.15, -0.1) is 0 Å². The zero-order valence-corrected chi connectivity index (χ0v) is 9.65. The second-order valence-electron chi connectivity index (χ2n) is 3.99. The fourth-order valence-electron chi connectivity index (χ4n) is 1.77. The van der Waals surface area contributed by atoms with Gasteiger partial charge in [0.25, 0.3) is 0 Å². The molecule has 1 aliphatic heterocycles. The molecule has 1 unspecified atom stereocenters. The van der Waals surface area contributed by atoms with Crippen molar-refractivity contribution < 1.29 is 19.3 Å². The molecule has 1 heterocycles. The van der Waals surface area contributed by atoms with Crippen molar-refractivity contribution in [2.45, 2.75) is 51.1 Å². The van der Waals surface area contributed by atoms with Crippen LogP contribution in [0.1, 0.15) is 32.6 Å². The SMILES string of the molecule is CCCCO[C@@H]1CC(O)O[C@H](COC)C1. The van der Waals surface area contributed by atoms with Crippen LogP contribution in [0.25, 0.3) is 0 Å². The molecule has 0 amide bonds. The molecule has 0 spiro atoms. The van der Waals surface area contributed by atoms with Gasteiger partial charge in [0.1, 0.15) is 0 Å². The lowest BCUT2D eigenvalue weighted by Crippen LogP contribution is -2.39. The second kappa shape index (κ2) is 7.17. The average molecular weight is 218 g/mol. The van der Waals surface area contributed by atoms with Crippen LogP contribution in [0.3, 0.4) is 0 Å². The van der Waals surface area contributed by atoms with Crippen LogP contribution in [0.15, 0.2) is 0 Å². The summed E-state index contributed by atoms with van der Waals surface area (Å²) in [5, 5.41) is 9.48. The first-order chi connectivity index (χ1) is 7.26. The van der Waals surface area contributed by atoms with Crippen LogP contribution >= 0.6 is 0 Å². The third kappa shape index (κ3) is 4.93. The van der Waals surface area contributed by atoms with Crippen LogP contribution in [0.5, 0.6) is 0 Å². The van der Waals surface area contributed by atoms with E-state index in [0.717, 1.165) is 25.9 Å². The zero-order chi connectivity index (χ0) is 11.1. The second-order valence-corrected chi connectivity index (χ2v) is 3.99. The van der Waals surface area contributed by atoms with E-state index >= 15 is 0 Å². The largest absolute Gasteiger partial charge is 0.382 e. The molecule has 0 aliphatic carbocycles. The van der Waals surface area contributed by atoms with Crippen molar-refractivity contribution in [2.75, 3.05) is 20.3 Å². The normalized spacial score (nSPS) is 31.8. The fraction of sp³-hybridized carbons (Fsp3) is 1.00. The van der Waals surface area contributed by atoms with Crippen molar-refractivity contribution in [3.63, 3.8) is 0 Å². The molecule has 0 radical (unpaired) electrons. The predicted molar refractivity (Wildman–Crippen MR) is 56.6 cm³/mol. The average Bonchev–Trinajstić information content (AvgIpc) is 2.18. The van der Waals surface area contributed by atoms with Crippen LogP contribution in [0, 0.1) is 0 Å². The van der Waals surface area contributed by atoms with Crippen molar-refractivity contribution >= 4 is 0 Å². The van der Waals surface area contributed by atoms with Crippen molar-refractivity contribution in [1.82, 2.24) is 0 Å². The maximum Gasteiger partial charge on any atom is 0.157 e. The third-order valence-corrected chi connectivity index (χ3v) is 2.54. The first-order valence-electron chi connectivity index (χ1n) is 5.70. The molecule has 1 fully saturated rings. The van der Waals surface area contributed by atoms with Crippen LogP contribution < -0.4 is 0 Å². The van der Waals surface area contributed by atoms with Gasteiger partial charge in [-0.2, -0.15) is 0 Å². The van der Waals surface area contributed by atoms with E-state index in [0.29, 0.717) is 13.0 Å². The molecule has 3 atom stereocenters. The first kappa shape index (κ1) is 12.9. The Morgan fingerprint density at radius 1 is 1.40 bits per heavy atom. The highest BCUT2D eigenvalue weighted by molar-refractivity contribution is 4.73. The van der Waals surface area contributed by atoms with Crippen LogP contribution in [0.2, 0.25) is 0 Å². The van der Waals surface area contributed by atoms with E-state index in [9.17, 15) is 5.11 Å². The number of methoxy groups -OCH3 is 1. The van der Waals surface area contributed by atoms with Gasteiger partial charge in [0.2, 0.25) is 0 Å². The lowest BCUT2D eigenvalue weighted by atomic mass is 10.1. The van der Waals surface area contributed by atoms with E-state index in [1.807, 2.05) is 0 Å². The minimum atomic E-state index is -0.703. The van der Waals surface area contributed by atoms with Crippen LogP contribution in [0.4, 0.5) is 0 Å². The number of unbranched alkanes of at least 4 members (excludes halogenated alkanes) is 1. The summed E-state index contributed by atoms with van der Waals surface area (Å²) >= 11 is 0. The van der Waals surface area contributed by atoms with E-state index in [1.165, 1.54) is 0 Å². The first-order valence-corrected chi connectivity index (χ1v) is 5.70. The number of rotatable bonds is 6. The number of aliphatic hydroxyl groups excluding tert-OH is 1. The molecule has 0 aromatic rings. The minimum absolute atomic E-state index is 0.0367. The molecule has 1 saturated heterocycles. The molecule has 0 aromatic heterocycles. The minimum Gasteiger partial charge on any atom is -0.382 e. The smallest absolute Gasteiger partial charge is 0.157 e. The van der Waals surface area contributed by atoms with Gasteiger partial charge >= 0.3 is 0 Å². The van der Waals surface area contributed by atoms with Crippen molar-refractivity contribution in [1.29, 1.82) is 0 Å². The Hall–Kier alpha value is -0.160. The van der Waals surface area contributed by atoms with Gasteiger partial charge in [-0.05, 0) is 6.42 Å². The predicted octanol–water partition coefficient (Wildman–Crippen LogP) is 1.32. The van der Waals surface area contributed by atoms with Gasteiger partial charge in [0, 0.05) is 26.6 Å². The number of hydrogen-bond donors (Lipinski definition) is 1. The summed E-state index contributed by atoms with van der Waals surface area (Å²) in [5.41, 5.74) is 0. The summed E-state index contributed by atoms with van der Waals surface area (Å²) in [6.07, 6.45) is 2.96. The maximum absolute atomic E-state index is 9.48. The molecule has 0 saturated carbocycles. The Kier molecular flexibility index (Phi) is 6.17. The zero-order valence-electron chi connectivity index (χ0n) is 9.65. The Balaban J connectivity index is 2.24.